The van der Waals surface area contributed by atoms with Gasteiger partial charge in [-0.05, 0) is 53.3 Å². The number of hydrogen-bond donors (Lipinski definition) is 1. The van der Waals surface area contributed by atoms with Gasteiger partial charge in [0.05, 0.1) is 13.2 Å². The maximum absolute atomic E-state index is 10.1. The third-order valence-corrected chi connectivity index (χ3v) is 3.48. The lowest BCUT2D eigenvalue weighted by Crippen LogP contribution is -1.98. The second kappa shape index (κ2) is 4.04. The second-order valence-electron chi connectivity index (χ2n) is 4.75. The van der Waals surface area contributed by atoms with Crippen molar-refractivity contribution in [2.24, 2.45) is 5.92 Å². The summed E-state index contributed by atoms with van der Waals surface area (Å²) in [6.45, 7) is 0. The van der Waals surface area contributed by atoms with Crippen LogP contribution in [0.15, 0.2) is 36.4 Å². The summed E-state index contributed by atoms with van der Waals surface area (Å²) in [6, 6.07) is 12.2. The molecule has 0 saturated heterocycles. The van der Waals surface area contributed by atoms with Gasteiger partial charge >= 0.3 is 0 Å². The predicted octanol–water partition coefficient (Wildman–Crippen LogP) is 3.29. The zero-order valence-corrected chi connectivity index (χ0v) is 9.89. The molecule has 1 saturated carbocycles. The first kappa shape index (κ1) is 10.6. The summed E-state index contributed by atoms with van der Waals surface area (Å²) in [7, 11) is 1.67. The first-order valence-corrected chi connectivity index (χ1v) is 6.04. The number of aliphatic hydroxyl groups is 1. The van der Waals surface area contributed by atoms with E-state index in [1.54, 1.807) is 7.11 Å². The first-order chi connectivity index (χ1) is 8.28. The Hall–Kier alpha value is -1.54. The molecule has 3 rings (SSSR count). The van der Waals surface area contributed by atoms with Crippen LogP contribution in [-0.4, -0.2) is 12.2 Å². The van der Waals surface area contributed by atoms with E-state index in [1.807, 2.05) is 24.3 Å². The van der Waals surface area contributed by atoms with Gasteiger partial charge in [-0.25, -0.2) is 0 Å². The maximum Gasteiger partial charge on any atom is 0.119 e. The lowest BCUT2D eigenvalue weighted by molar-refractivity contribution is 0.154. The predicted molar refractivity (Wildman–Crippen MR) is 68.2 cm³/mol. The van der Waals surface area contributed by atoms with Crippen molar-refractivity contribution in [1.29, 1.82) is 0 Å². The van der Waals surface area contributed by atoms with E-state index in [0.717, 1.165) is 34.9 Å². The van der Waals surface area contributed by atoms with Crippen molar-refractivity contribution in [2.75, 3.05) is 7.11 Å². The van der Waals surface area contributed by atoms with E-state index in [0.29, 0.717) is 5.92 Å². The molecule has 1 unspecified atom stereocenters. The molecule has 1 N–H and O–H groups in total. The fraction of sp³-hybridized carbons (Fsp3) is 0.333. The van der Waals surface area contributed by atoms with Crippen molar-refractivity contribution in [3.63, 3.8) is 0 Å². The molecule has 88 valence electrons. The monoisotopic (exact) mass is 228 g/mol. The summed E-state index contributed by atoms with van der Waals surface area (Å²) in [5.74, 6) is 1.35. The van der Waals surface area contributed by atoms with Crippen molar-refractivity contribution in [1.82, 2.24) is 0 Å². The SMILES string of the molecule is COc1ccc2cc(C(O)C3CC3)ccc2c1. The number of hydrogen-bond acceptors (Lipinski definition) is 2. The third kappa shape index (κ3) is 2.01. The minimum absolute atomic E-state index is 0.290. The molecule has 1 aliphatic carbocycles. The van der Waals surface area contributed by atoms with Gasteiger partial charge in [0.1, 0.15) is 5.75 Å². The van der Waals surface area contributed by atoms with Crippen LogP contribution in [0.2, 0.25) is 0 Å². The van der Waals surface area contributed by atoms with Gasteiger partial charge in [0.15, 0.2) is 0 Å². The molecule has 1 fully saturated rings. The Balaban J connectivity index is 2.00. The van der Waals surface area contributed by atoms with E-state index in [-0.39, 0.29) is 6.10 Å². The van der Waals surface area contributed by atoms with Crippen molar-refractivity contribution in [3.8, 4) is 5.75 Å². The molecule has 2 aromatic rings. The summed E-state index contributed by atoms with van der Waals surface area (Å²) in [6.07, 6.45) is 2.02. The first-order valence-electron chi connectivity index (χ1n) is 6.04. The average Bonchev–Trinajstić information content (AvgIpc) is 3.21. The molecule has 1 atom stereocenters. The Morgan fingerprint density at radius 1 is 1.12 bits per heavy atom. The van der Waals surface area contributed by atoms with Crippen molar-refractivity contribution < 1.29 is 9.84 Å². The fourth-order valence-electron chi connectivity index (χ4n) is 2.24. The molecule has 0 bridgehead atoms. The average molecular weight is 228 g/mol. The molecule has 0 aliphatic heterocycles. The smallest absolute Gasteiger partial charge is 0.119 e. The summed E-state index contributed by atoms with van der Waals surface area (Å²) in [4.78, 5) is 0. The van der Waals surface area contributed by atoms with Gasteiger partial charge in [0, 0.05) is 0 Å². The Morgan fingerprint density at radius 3 is 2.53 bits per heavy atom. The van der Waals surface area contributed by atoms with Gasteiger partial charge in [0.2, 0.25) is 0 Å². The van der Waals surface area contributed by atoms with Crippen molar-refractivity contribution in [3.05, 3.63) is 42.0 Å². The standard InChI is InChI=1S/C15H16O2/c1-17-14-7-6-11-8-13(5-4-12(11)9-14)15(16)10-2-3-10/h4-10,15-16H,2-3H2,1H3. The minimum atomic E-state index is -0.290. The topological polar surface area (TPSA) is 29.5 Å². The van der Waals surface area contributed by atoms with Crippen LogP contribution in [0.25, 0.3) is 10.8 Å². The molecule has 17 heavy (non-hydrogen) atoms. The molecule has 2 heteroatoms. The summed E-state index contributed by atoms with van der Waals surface area (Å²) in [5.41, 5.74) is 1.03. The number of methoxy groups -OCH3 is 1. The molecule has 0 amide bonds. The van der Waals surface area contributed by atoms with E-state index < -0.39 is 0 Å². The van der Waals surface area contributed by atoms with Crippen molar-refractivity contribution in [2.45, 2.75) is 18.9 Å². The number of ether oxygens (including phenoxy) is 1. The molecule has 2 aromatic carbocycles. The van der Waals surface area contributed by atoms with Crippen LogP contribution in [0.3, 0.4) is 0 Å². The van der Waals surface area contributed by atoms with E-state index in [1.165, 1.54) is 0 Å². The van der Waals surface area contributed by atoms with Gasteiger partial charge in [0.25, 0.3) is 0 Å². The van der Waals surface area contributed by atoms with Crippen LogP contribution in [0, 0.1) is 5.92 Å². The highest BCUT2D eigenvalue weighted by Crippen LogP contribution is 2.41. The number of aliphatic hydroxyl groups excluding tert-OH is 1. The van der Waals surface area contributed by atoms with E-state index in [4.69, 9.17) is 4.74 Å². The molecular weight excluding hydrogens is 212 g/mol. The molecule has 0 spiro atoms. The normalized spacial score (nSPS) is 17.1. The fourth-order valence-corrected chi connectivity index (χ4v) is 2.24. The largest absolute Gasteiger partial charge is 0.497 e. The van der Waals surface area contributed by atoms with Crippen LogP contribution in [0.1, 0.15) is 24.5 Å². The van der Waals surface area contributed by atoms with Gasteiger partial charge in [-0.2, -0.15) is 0 Å². The third-order valence-electron chi connectivity index (χ3n) is 3.48. The van der Waals surface area contributed by atoms with Crippen LogP contribution in [0.4, 0.5) is 0 Å². The summed E-state index contributed by atoms with van der Waals surface area (Å²) >= 11 is 0. The number of rotatable bonds is 3. The molecule has 0 radical (unpaired) electrons. The molecule has 2 nitrogen and oxygen atoms in total. The molecule has 0 heterocycles. The molecule has 1 aliphatic rings. The minimum Gasteiger partial charge on any atom is -0.497 e. The quantitative estimate of drug-likeness (QED) is 0.873. The zero-order valence-electron chi connectivity index (χ0n) is 9.89. The number of benzene rings is 2. The van der Waals surface area contributed by atoms with E-state index in [2.05, 4.69) is 12.1 Å². The highest BCUT2D eigenvalue weighted by atomic mass is 16.5. The lowest BCUT2D eigenvalue weighted by Gasteiger charge is -2.11. The van der Waals surface area contributed by atoms with E-state index in [9.17, 15) is 5.11 Å². The Morgan fingerprint density at radius 2 is 1.82 bits per heavy atom. The van der Waals surface area contributed by atoms with Gasteiger partial charge in [-0.3, -0.25) is 0 Å². The number of fused-ring (bicyclic) bond motifs is 1. The zero-order chi connectivity index (χ0) is 11.8. The Labute approximate surface area is 101 Å². The van der Waals surface area contributed by atoms with Gasteiger partial charge in [-0.15, -0.1) is 0 Å². The Kier molecular flexibility index (Phi) is 2.52. The molecular formula is C15H16O2. The van der Waals surface area contributed by atoms with Gasteiger partial charge < -0.3 is 9.84 Å². The van der Waals surface area contributed by atoms with Crippen LogP contribution >= 0.6 is 0 Å². The molecule has 0 aromatic heterocycles. The maximum atomic E-state index is 10.1. The van der Waals surface area contributed by atoms with Gasteiger partial charge in [-0.1, -0.05) is 18.2 Å². The van der Waals surface area contributed by atoms with E-state index >= 15 is 0 Å². The lowest BCUT2D eigenvalue weighted by atomic mass is 10.0. The van der Waals surface area contributed by atoms with Crippen LogP contribution in [-0.2, 0) is 0 Å². The summed E-state index contributed by atoms with van der Waals surface area (Å²) in [5, 5.41) is 12.4. The summed E-state index contributed by atoms with van der Waals surface area (Å²) < 4.78 is 5.20. The van der Waals surface area contributed by atoms with Crippen molar-refractivity contribution >= 4 is 10.8 Å². The highest BCUT2D eigenvalue weighted by molar-refractivity contribution is 5.84. The Bertz CT molecular complexity index is 544. The van der Waals surface area contributed by atoms with Crippen LogP contribution in [0.5, 0.6) is 5.75 Å². The van der Waals surface area contributed by atoms with Crippen LogP contribution < -0.4 is 4.74 Å². The second-order valence-corrected chi connectivity index (χ2v) is 4.75. The highest BCUT2D eigenvalue weighted by Gasteiger charge is 2.30.